The molecule has 0 amide bonds. The Labute approximate surface area is 111 Å². The highest BCUT2D eigenvalue weighted by atomic mass is 16.3. The van der Waals surface area contributed by atoms with Gasteiger partial charge in [-0.15, -0.1) is 0 Å². The molecule has 0 heterocycles. The van der Waals surface area contributed by atoms with E-state index in [1.165, 1.54) is 5.56 Å². The summed E-state index contributed by atoms with van der Waals surface area (Å²) in [6.07, 6.45) is 0.769. The molecule has 0 bridgehead atoms. The fourth-order valence-corrected chi connectivity index (χ4v) is 1.99. The van der Waals surface area contributed by atoms with Gasteiger partial charge in [-0.3, -0.25) is 0 Å². The number of hydrogen-bond donors (Lipinski definition) is 2. The van der Waals surface area contributed by atoms with Gasteiger partial charge in [0.2, 0.25) is 0 Å². The fraction of sp³-hybridized carbons (Fsp3) is 0.500. The summed E-state index contributed by atoms with van der Waals surface area (Å²) in [4.78, 5) is 0. The SMILES string of the molecule is C=C(CNC(CCO)C(C)(C)C)c1ccccc1. The van der Waals surface area contributed by atoms with Crippen LogP contribution in [-0.4, -0.2) is 24.3 Å². The number of aliphatic hydroxyl groups is 1. The van der Waals surface area contributed by atoms with E-state index in [4.69, 9.17) is 5.11 Å². The summed E-state index contributed by atoms with van der Waals surface area (Å²) < 4.78 is 0. The van der Waals surface area contributed by atoms with Gasteiger partial charge in [-0.2, -0.15) is 0 Å². The van der Waals surface area contributed by atoms with Crippen LogP contribution in [0, 0.1) is 5.41 Å². The van der Waals surface area contributed by atoms with E-state index < -0.39 is 0 Å². The van der Waals surface area contributed by atoms with E-state index in [-0.39, 0.29) is 12.0 Å². The minimum Gasteiger partial charge on any atom is -0.396 e. The number of aliphatic hydroxyl groups excluding tert-OH is 1. The van der Waals surface area contributed by atoms with Crippen molar-refractivity contribution in [2.75, 3.05) is 13.2 Å². The van der Waals surface area contributed by atoms with Crippen LogP contribution in [-0.2, 0) is 0 Å². The number of hydrogen-bond acceptors (Lipinski definition) is 2. The van der Waals surface area contributed by atoms with Crippen molar-refractivity contribution in [3.05, 3.63) is 42.5 Å². The zero-order chi connectivity index (χ0) is 13.6. The number of benzene rings is 1. The van der Waals surface area contributed by atoms with E-state index >= 15 is 0 Å². The van der Waals surface area contributed by atoms with Gasteiger partial charge in [0, 0.05) is 19.2 Å². The van der Waals surface area contributed by atoms with Crippen molar-refractivity contribution in [3.63, 3.8) is 0 Å². The molecular formula is C16H25NO. The van der Waals surface area contributed by atoms with Crippen LogP contribution in [0.2, 0.25) is 0 Å². The first-order chi connectivity index (χ1) is 8.45. The van der Waals surface area contributed by atoms with Gasteiger partial charge in [-0.05, 0) is 23.0 Å². The van der Waals surface area contributed by atoms with Gasteiger partial charge in [0.25, 0.3) is 0 Å². The molecule has 100 valence electrons. The lowest BCUT2D eigenvalue weighted by molar-refractivity contribution is 0.202. The summed E-state index contributed by atoms with van der Waals surface area (Å²) in [5, 5.41) is 12.6. The predicted molar refractivity (Wildman–Crippen MR) is 78.4 cm³/mol. The summed E-state index contributed by atoms with van der Waals surface area (Å²) >= 11 is 0. The molecule has 0 spiro atoms. The van der Waals surface area contributed by atoms with Gasteiger partial charge < -0.3 is 10.4 Å². The number of rotatable bonds is 6. The lowest BCUT2D eigenvalue weighted by Gasteiger charge is -2.31. The Balaban J connectivity index is 2.55. The monoisotopic (exact) mass is 247 g/mol. The van der Waals surface area contributed by atoms with Crippen LogP contribution in [0.25, 0.3) is 5.57 Å². The largest absolute Gasteiger partial charge is 0.396 e. The second kappa shape index (κ2) is 6.72. The van der Waals surface area contributed by atoms with E-state index in [0.29, 0.717) is 6.04 Å². The van der Waals surface area contributed by atoms with E-state index in [1.807, 2.05) is 18.2 Å². The summed E-state index contributed by atoms with van der Waals surface area (Å²) in [7, 11) is 0. The average Bonchev–Trinajstić information content (AvgIpc) is 2.33. The van der Waals surface area contributed by atoms with Gasteiger partial charge in [-0.25, -0.2) is 0 Å². The molecule has 0 aliphatic heterocycles. The minimum atomic E-state index is 0.139. The van der Waals surface area contributed by atoms with Gasteiger partial charge >= 0.3 is 0 Å². The number of nitrogens with one attached hydrogen (secondary N) is 1. The molecule has 0 saturated carbocycles. The van der Waals surface area contributed by atoms with E-state index in [2.05, 4.69) is 44.8 Å². The standard InChI is InChI=1S/C16H25NO/c1-13(14-8-6-5-7-9-14)12-17-15(10-11-18)16(2,3)4/h5-9,15,17-18H,1,10-12H2,2-4H3. The Bertz CT molecular complexity index is 364. The lowest BCUT2D eigenvalue weighted by Crippen LogP contribution is -2.41. The van der Waals surface area contributed by atoms with Crippen molar-refractivity contribution < 1.29 is 5.11 Å². The Morgan fingerprint density at radius 3 is 2.39 bits per heavy atom. The van der Waals surface area contributed by atoms with Gasteiger partial charge in [0.1, 0.15) is 0 Å². The van der Waals surface area contributed by atoms with Crippen LogP contribution in [0.4, 0.5) is 0 Å². The summed E-state index contributed by atoms with van der Waals surface area (Å²) in [6.45, 7) is 11.6. The molecule has 0 saturated heterocycles. The van der Waals surface area contributed by atoms with E-state index in [9.17, 15) is 0 Å². The summed E-state index contributed by atoms with van der Waals surface area (Å²) in [6, 6.07) is 10.5. The average molecular weight is 247 g/mol. The minimum absolute atomic E-state index is 0.139. The fourth-order valence-electron chi connectivity index (χ4n) is 1.99. The second-order valence-electron chi connectivity index (χ2n) is 5.78. The molecule has 0 aliphatic rings. The Morgan fingerprint density at radius 1 is 1.28 bits per heavy atom. The molecule has 2 N–H and O–H groups in total. The Morgan fingerprint density at radius 2 is 1.89 bits per heavy atom. The zero-order valence-electron chi connectivity index (χ0n) is 11.7. The van der Waals surface area contributed by atoms with Crippen molar-refractivity contribution in [2.24, 2.45) is 5.41 Å². The van der Waals surface area contributed by atoms with Crippen molar-refractivity contribution >= 4 is 5.57 Å². The maximum absolute atomic E-state index is 9.12. The molecule has 2 nitrogen and oxygen atoms in total. The Kier molecular flexibility index (Phi) is 5.57. The molecule has 2 heteroatoms. The molecule has 0 fully saturated rings. The molecule has 18 heavy (non-hydrogen) atoms. The van der Waals surface area contributed by atoms with Gasteiger partial charge in [0.15, 0.2) is 0 Å². The highest BCUT2D eigenvalue weighted by Gasteiger charge is 2.23. The topological polar surface area (TPSA) is 32.3 Å². The first kappa shape index (κ1) is 14.9. The normalized spacial score (nSPS) is 13.3. The maximum Gasteiger partial charge on any atom is 0.0446 e. The third-order valence-electron chi connectivity index (χ3n) is 3.21. The van der Waals surface area contributed by atoms with Crippen LogP contribution in [0.3, 0.4) is 0 Å². The molecule has 1 rings (SSSR count). The molecule has 0 aliphatic carbocycles. The first-order valence-electron chi connectivity index (χ1n) is 6.52. The van der Waals surface area contributed by atoms with Crippen LogP contribution < -0.4 is 5.32 Å². The highest BCUT2D eigenvalue weighted by molar-refractivity contribution is 5.64. The molecule has 1 aromatic rings. The van der Waals surface area contributed by atoms with Crippen LogP contribution in [0.15, 0.2) is 36.9 Å². The molecule has 1 unspecified atom stereocenters. The van der Waals surface area contributed by atoms with E-state index in [1.54, 1.807) is 0 Å². The molecule has 1 aromatic carbocycles. The second-order valence-corrected chi connectivity index (χ2v) is 5.78. The van der Waals surface area contributed by atoms with Crippen molar-refractivity contribution in [1.29, 1.82) is 0 Å². The third-order valence-corrected chi connectivity index (χ3v) is 3.21. The molecule has 0 aromatic heterocycles. The Hall–Kier alpha value is -1.12. The maximum atomic E-state index is 9.12. The van der Waals surface area contributed by atoms with Crippen LogP contribution >= 0.6 is 0 Å². The van der Waals surface area contributed by atoms with Crippen molar-refractivity contribution in [3.8, 4) is 0 Å². The predicted octanol–water partition coefficient (Wildman–Crippen LogP) is 3.09. The quantitative estimate of drug-likeness (QED) is 0.809. The molecular weight excluding hydrogens is 222 g/mol. The van der Waals surface area contributed by atoms with E-state index in [0.717, 1.165) is 18.5 Å². The smallest absolute Gasteiger partial charge is 0.0446 e. The summed E-state index contributed by atoms with van der Waals surface area (Å²) in [5.41, 5.74) is 2.39. The van der Waals surface area contributed by atoms with Gasteiger partial charge in [-0.1, -0.05) is 57.7 Å². The third kappa shape index (κ3) is 4.63. The lowest BCUT2D eigenvalue weighted by atomic mass is 9.84. The molecule has 0 radical (unpaired) electrons. The highest BCUT2D eigenvalue weighted by Crippen LogP contribution is 2.22. The first-order valence-corrected chi connectivity index (χ1v) is 6.52. The zero-order valence-corrected chi connectivity index (χ0v) is 11.7. The van der Waals surface area contributed by atoms with Crippen molar-refractivity contribution in [1.82, 2.24) is 5.32 Å². The van der Waals surface area contributed by atoms with Crippen LogP contribution in [0.1, 0.15) is 32.8 Å². The van der Waals surface area contributed by atoms with Gasteiger partial charge in [0.05, 0.1) is 0 Å². The summed E-state index contributed by atoms with van der Waals surface area (Å²) in [5.74, 6) is 0. The molecule has 1 atom stereocenters. The van der Waals surface area contributed by atoms with Crippen molar-refractivity contribution in [2.45, 2.75) is 33.2 Å². The van der Waals surface area contributed by atoms with Crippen LogP contribution in [0.5, 0.6) is 0 Å².